The summed E-state index contributed by atoms with van der Waals surface area (Å²) in [7, 11) is 0. The van der Waals surface area contributed by atoms with Gasteiger partial charge in [0.05, 0.1) is 42.6 Å². The first-order chi connectivity index (χ1) is 47.2. The predicted molar refractivity (Wildman–Crippen MR) is 400 cm³/mol. The fourth-order valence-electron chi connectivity index (χ4n) is 13.1. The van der Waals surface area contributed by atoms with E-state index in [1.807, 2.05) is 105 Å². The fourth-order valence-corrected chi connectivity index (χ4v) is 15.2. The van der Waals surface area contributed by atoms with Crippen molar-refractivity contribution in [2.45, 2.75) is 58.3 Å². The summed E-state index contributed by atoms with van der Waals surface area (Å²) in [6.07, 6.45) is 29.1. The van der Waals surface area contributed by atoms with E-state index in [-0.39, 0.29) is 6.61 Å². The lowest BCUT2D eigenvalue weighted by atomic mass is 9.98. The van der Waals surface area contributed by atoms with E-state index < -0.39 is 0 Å². The molecule has 11 heterocycles. The fraction of sp³-hybridized carbons (Fsp3) is 0.268. The summed E-state index contributed by atoms with van der Waals surface area (Å²) in [5.41, 5.74) is 43.9. The van der Waals surface area contributed by atoms with Gasteiger partial charge in [0.1, 0.15) is 0 Å². The first-order valence-electron chi connectivity index (χ1n) is 32.0. The van der Waals surface area contributed by atoms with Crippen molar-refractivity contribution in [1.82, 2.24) is 37.5 Å². The van der Waals surface area contributed by atoms with E-state index in [9.17, 15) is 0 Å². The van der Waals surface area contributed by atoms with Crippen LogP contribution >= 0.6 is 92.8 Å². The van der Waals surface area contributed by atoms with E-state index >= 15 is 0 Å². The lowest BCUT2D eigenvalue weighted by Crippen LogP contribution is -2.37. The zero-order chi connectivity index (χ0) is 67.9. The van der Waals surface area contributed by atoms with E-state index in [1.165, 1.54) is 32.1 Å². The van der Waals surface area contributed by atoms with Gasteiger partial charge in [-0.05, 0) is 80.6 Å². The van der Waals surface area contributed by atoms with E-state index in [0.29, 0.717) is 86.1 Å². The number of aliphatic hydroxyl groups excluding tert-OH is 1. The summed E-state index contributed by atoms with van der Waals surface area (Å²) < 4.78 is 13.5. The molecule has 0 amide bonds. The molecule has 15 rings (SSSR count). The van der Waals surface area contributed by atoms with Crippen molar-refractivity contribution in [2.75, 3.05) is 85.7 Å². The molecule has 0 saturated carbocycles. The zero-order valence-corrected chi connectivity index (χ0v) is 58.9. The molecule has 3 aliphatic rings. The lowest BCUT2D eigenvalue weighted by molar-refractivity contribution is 0.122. The molecule has 97 heavy (non-hydrogen) atoms. The van der Waals surface area contributed by atoms with Crippen molar-refractivity contribution in [3.63, 3.8) is 0 Å². The number of piperidine rings is 1. The van der Waals surface area contributed by atoms with Gasteiger partial charge in [-0.15, -0.1) is 0 Å². The molecule has 10 N–H and O–H groups in total. The van der Waals surface area contributed by atoms with E-state index in [4.69, 9.17) is 126 Å². The van der Waals surface area contributed by atoms with Crippen molar-refractivity contribution in [3.8, 4) is 44.5 Å². The molecule has 3 fully saturated rings. The van der Waals surface area contributed by atoms with Crippen LogP contribution in [-0.2, 0) is 30.9 Å². The molecular weight excluding hydrogens is 1390 g/mol. The molecule has 504 valence electrons. The Balaban J connectivity index is 0.000000123. The van der Waals surface area contributed by atoms with Gasteiger partial charge in [-0.3, -0.25) is 0 Å². The zero-order valence-electron chi connectivity index (χ0n) is 52.9. The number of nitrogens with one attached hydrogen (secondary N) is 1. The number of pyridine rings is 4. The van der Waals surface area contributed by atoms with Crippen LogP contribution in [0.3, 0.4) is 0 Å². The van der Waals surface area contributed by atoms with Crippen molar-refractivity contribution in [2.24, 2.45) is 22.9 Å². The van der Waals surface area contributed by atoms with Crippen LogP contribution in [0.1, 0.15) is 54.4 Å². The number of ether oxygens (including phenoxy) is 1. The van der Waals surface area contributed by atoms with Gasteiger partial charge >= 0.3 is 0 Å². The highest BCUT2D eigenvalue weighted by Gasteiger charge is 2.27. The van der Waals surface area contributed by atoms with Gasteiger partial charge < -0.3 is 70.4 Å². The Bertz CT molecular complexity index is 4620. The van der Waals surface area contributed by atoms with Crippen LogP contribution in [0, 0.1) is 0 Å². The molecule has 0 radical (unpaired) electrons. The number of nitrogens with zero attached hydrogens (tertiary/aromatic N) is 11. The number of fused-ring (bicyclic) bond motifs is 4. The SMILES string of the molecule is NCc1c(-c2ccc(Cl)cc2Cl)cn2ccnc2c1N1CCCC1.NCc1c(-c2ccc(Cl)cc2Cl)cn2ccnc2c1N1CCCCC1.NCc1c(-c2ccc(Cl)cc2Cl)cn2ccnc2c1N1CCOCC1.NCc1c(-c2ccc(Cl)cc2Cl)cn2ccnc2c1NCCO. The second-order valence-electron chi connectivity index (χ2n) is 23.4. The van der Waals surface area contributed by atoms with Gasteiger partial charge in [0.15, 0.2) is 22.6 Å². The van der Waals surface area contributed by atoms with Crippen LogP contribution < -0.4 is 43.0 Å². The molecule has 0 unspecified atom stereocenters. The van der Waals surface area contributed by atoms with Crippen molar-refractivity contribution in [1.29, 1.82) is 0 Å². The second kappa shape index (κ2) is 31.8. The first-order valence-corrected chi connectivity index (χ1v) is 35.0. The third-order valence-electron chi connectivity index (χ3n) is 17.6. The van der Waals surface area contributed by atoms with Crippen molar-refractivity contribution < 1.29 is 9.84 Å². The molecule has 0 aliphatic carbocycles. The smallest absolute Gasteiger partial charge is 0.160 e. The summed E-state index contributed by atoms with van der Waals surface area (Å²) in [5.74, 6) is 0. The number of benzene rings is 4. The van der Waals surface area contributed by atoms with Gasteiger partial charge in [0, 0.05) is 253 Å². The van der Waals surface area contributed by atoms with Crippen LogP contribution in [0.25, 0.3) is 67.1 Å². The molecule has 12 aromatic rings. The number of rotatable bonds is 14. The van der Waals surface area contributed by atoms with Crippen molar-refractivity contribution in [3.05, 3.63) is 210 Å². The highest BCUT2D eigenvalue weighted by Crippen LogP contribution is 2.43. The lowest BCUT2D eigenvalue weighted by Gasteiger charge is -2.31. The molecular formula is C71H72Cl8N16O2. The highest BCUT2D eigenvalue weighted by molar-refractivity contribution is 6.38. The molecule has 3 saturated heterocycles. The Morgan fingerprint density at radius 3 is 1.00 bits per heavy atom. The molecule has 4 aromatic carbocycles. The van der Waals surface area contributed by atoms with Crippen molar-refractivity contribution >= 4 is 138 Å². The number of anilines is 4. The molecule has 26 heteroatoms. The molecule has 0 bridgehead atoms. The number of aromatic nitrogens is 8. The third kappa shape index (κ3) is 15.0. The maximum atomic E-state index is 9.12. The summed E-state index contributed by atoms with van der Waals surface area (Å²) in [6, 6.07) is 22.1. The normalized spacial score (nSPS) is 14.1. The summed E-state index contributed by atoms with van der Waals surface area (Å²) in [4.78, 5) is 25.1. The number of imidazole rings is 4. The number of hydrogen-bond donors (Lipinski definition) is 6. The number of hydrogen-bond acceptors (Lipinski definition) is 14. The Morgan fingerprint density at radius 2 is 0.680 bits per heavy atom. The van der Waals surface area contributed by atoms with Crippen LogP contribution in [0.2, 0.25) is 40.2 Å². The third-order valence-corrected chi connectivity index (χ3v) is 19.8. The van der Waals surface area contributed by atoms with Crippen LogP contribution in [0.15, 0.2) is 147 Å². The van der Waals surface area contributed by atoms with Gasteiger partial charge in [0.2, 0.25) is 0 Å². The Labute approximate surface area is 602 Å². The van der Waals surface area contributed by atoms with E-state index in [1.54, 1.807) is 42.7 Å². The van der Waals surface area contributed by atoms with Gasteiger partial charge in [-0.1, -0.05) is 117 Å². The molecule has 18 nitrogen and oxygen atoms in total. The van der Waals surface area contributed by atoms with Crippen LogP contribution in [-0.4, -0.2) is 108 Å². The number of aliphatic hydroxyl groups is 1. The minimum atomic E-state index is 0.0167. The minimum Gasteiger partial charge on any atom is -0.395 e. The summed E-state index contributed by atoms with van der Waals surface area (Å²) in [6.45, 7) is 9.16. The standard InChI is InChI=1S/C19H20Cl2N4.C18H18Cl2N4O.C18H18Cl2N4.C16H16Cl2N4O/c20-13-4-5-14(17(21)10-13)16-12-25-9-6-23-19(25)18(15(16)11-22)24-7-2-1-3-8-24;19-12-1-2-13(16(20)9-12)15-11-24-4-3-22-18(24)17(14(15)10-21)23-5-7-25-8-6-23;19-12-3-4-13(16(20)9-12)15-11-24-8-5-22-18(24)17(14(15)10-21)23-6-1-2-7-23;17-10-1-2-11(14(18)7-10)13-9-22-5-3-21-16(22)15(12(13)8-19)20-4-6-23/h4-6,9-10,12H,1-3,7-8,11,22H2;1-4,9,11H,5-8,10,21H2;3-5,8-9,11H,1-2,6-7,10,21H2;1-3,5,7,9,20,23H,4,6,8,19H2. The summed E-state index contributed by atoms with van der Waals surface area (Å²) >= 11 is 50.0. The van der Waals surface area contributed by atoms with Gasteiger partial charge in [-0.2, -0.15) is 0 Å². The Kier molecular flexibility index (Phi) is 22.9. The van der Waals surface area contributed by atoms with Crippen LogP contribution in [0.5, 0.6) is 0 Å². The quantitative estimate of drug-likeness (QED) is 0.0596. The average molecular weight is 1470 g/mol. The average Bonchev–Trinajstić information content (AvgIpc) is 1.76. The van der Waals surface area contributed by atoms with Crippen LogP contribution in [0.4, 0.5) is 22.7 Å². The van der Waals surface area contributed by atoms with E-state index in [2.05, 4.69) is 56.7 Å². The number of morpholine rings is 1. The van der Waals surface area contributed by atoms with Gasteiger partial charge in [-0.25, -0.2) is 19.9 Å². The second-order valence-corrected chi connectivity index (χ2v) is 26.8. The Morgan fingerprint density at radius 1 is 0.381 bits per heavy atom. The number of nitrogens with two attached hydrogens (primary N) is 4. The minimum absolute atomic E-state index is 0.0167. The largest absolute Gasteiger partial charge is 0.395 e. The molecule has 3 aliphatic heterocycles. The predicted octanol–water partition coefficient (Wildman–Crippen LogP) is 15.9. The van der Waals surface area contributed by atoms with E-state index in [0.717, 1.165) is 151 Å². The Hall–Kier alpha value is -7.08. The van der Waals surface area contributed by atoms with Gasteiger partial charge in [0.25, 0.3) is 0 Å². The molecule has 8 aromatic heterocycles. The first kappa shape index (κ1) is 69.8. The molecule has 0 atom stereocenters. The molecule has 0 spiro atoms. The number of halogens is 8. The highest BCUT2D eigenvalue weighted by atomic mass is 35.5. The maximum absolute atomic E-state index is 9.12. The maximum Gasteiger partial charge on any atom is 0.160 e. The topological polar surface area (TPSA) is 224 Å². The summed E-state index contributed by atoms with van der Waals surface area (Å²) in [5, 5.41) is 17.2. The monoisotopic (exact) mass is 1460 g/mol.